The van der Waals surface area contributed by atoms with Crippen molar-refractivity contribution in [3.8, 4) is 11.5 Å². The van der Waals surface area contributed by atoms with Gasteiger partial charge < -0.3 is 15.6 Å². The standard InChI is InChI=1S/C35H28Cl2F3N5O7/c1-2-52-24-5-3-4-20(27(24)46)26-18-10-11-19-25(31(49)44(29(19)47)33(41)51)21(18)13-22-30(48)45(32(50)34(22,26)15-6-8-17(36)9-7-15)43-28-23(37)12-16(14-42-28)35(38,39)40/h3-10,12,14,19,21-22,25-26,46H,2,11,13H2,1H3,(H2,41,51)(H,42,43)/t19-,21+,22-,25-,26+,34+/m0/s1. The minimum atomic E-state index is -4.78. The number of hydrogen-bond donors (Lipinski definition) is 3. The highest BCUT2D eigenvalue weighted by Gasteiger charge is 2.71. The first-order valence-electron chi connectivity index (χ1n) is 16.1. The number of nitrogens with zero attached hydrogens (tertiary/aromatic N) is 3. The van der Waals surface area contributed by atoms with Crippen LogP contribution in [0.2, 0.25) is 10.0 Å². The van der Waals surface area contributed by atoms with Gasteiger partial charge in [0.15, 0.2) is 17.3 Å². The molecule has 2 aliphatic heterocycles. The molecule has 4 N–H and O–H groups in total. The number of hydrogen-bond acceptors (Lipinski definition) is 9. The molecule has 0 bridgehead atoms. The zero-order chi connectivity index (χ0) is 37.4. The number of carbonyl (C=O) groups is 5. The number of allylic oxidation sites excluding steroid dienone is 2. The summed E-state index contributed by atoms with van der Waals surface area (Å²) in [6, 6.07) is 10.1. The minimum Gasteiger partial charge on any atom is -0.504 e. The molecule has 4 aliphatic rings. The Morgan fingerprint density at radius 3 is 2.42 bits per heavy atom. The van der Waals surface area contributed by atoms with Crippen molar-refractivity contribution in [3.05, 3.63) is 93.1 Å². The molecule has 17 heteroatoms. The fourth-order valence-corrected chi connectivity index (χ4v) is 8.72. The number of benzene rings is 2. The van der Waals surface area contributed by atoms with Crippen LogP contribution in [0.25, 0.3) is 0 Å². The number of para-hydroxylation sites is 1. The Bertz CT molecular complexity index is 2100. The van der Waals surface area contributed by atoms with Crippen LogP contribution in [0.3, 0.4) is 0 Å². The predicted molar refractivity (Wildman–Crippen MR) is 178 cm³/mol. The molecule has 2 aromatic carbocycles. The number of nitrogens with two attached hydrogens (primary N) is 1. The summed E-state index contributed by atoms with van der Waals surface area (Å²) in [5, 5.41) is 12.2. The second kappa shape index (κ2) is 12.5. The van der Waals surface area contributed by atoms with E-state index in [1.807, 2.05) is 0 Å². The third-order valence-corrected chi connectivity index (χ3v) is 11.0. The monoisotopic (exact) mass is 757 g/mol. The minimum absolute atomic E-state index is 0.0240. The van der Waals surface area contributed by atoms with Gasteiger partial charge in [-0.3, -0.25) is 24.6 Å². The molecule has 1 aromatic heterocycles. The summed E-state index contributed by atoms with van der Waals surface area (Å²) in [6.07, 6.45) is -2.81. The normalized spacial score (nSPS) is 26.9. The molecule has 270 valence electrons. The molecule has 6 atom stereocenters. The molecular formula is C35H28Cl2F3N5O7. The summed E-state index contributed by atoms with van der Waals surface area (Å²) >= 11 is 12.5. The van der Waals surface area contributed by atoms with Gasteiger partial charge >= 0.3 is 12.2 Å². The van der Waals surface area contributed by atoms with E-state index in [0.29, 0.717) is 32.8 Å². The van der Waals surface area contributed by atoms with E-state index in [9.17, 15) is 37.5 Å². The van der Waals surface area contributed by atoms with E-state index in [1.165, 1.54) is 18.2 Å². The number of aromatic nitrogens is 1. The number of hydrazine groups is 1. The van der Waals surface area contributed by atoms with Gasteiger partial charge in [-0.15, -0.1) is 0 Å². The van der Waals surface area contributed by atoms with Gasteiger partial charge in [0.25, 0.3) is 11.8 Å². The predicted octanol–water partition coefficient (Wildman–Crippen LogP) is 5.58. The number of likely N-dealkylation sites (tertiary alicyclic amines) is 1. The van der Waals surface area contributed by atoms with Crippen molar-refractivity contribution in [2.75, 3.05) is 12.0 Å². The molecule has 12 nitrogen and oxygen atoms in total. The van der Waals surface area contributed by atoms with Gasteiger partial charge in [-0.25, -0.2) is 9.78 Å². The lowest BCUT2D eigenvalue weighted by Crippen LogP contribution is -2.53. The van der Waals surface area contributed by atoms with Gasteiger partial charge in [-0.05, 0) is 55.5 Å². The second-order valence-electron chi connectivity index (χ2n) is 12.9. The number of phenols is 1. The Kier molecular flexibility index (Phi) is 8.49. The van der Waals surface area contributed by atoms with Crippen LogP contribution in [0.15, 0.2) is 66.4 Å². The van der Waals surface area contributed by atoms with Gasteiger partial charge in [-0.1, -0.05) is 59.1 Å². The SMILES string of the molecule is CCOc1cccc([C@H]2C3=CC[C@@H]4C(=O)N(C(N)=O)C(=O)[C@@H]4[C@@H]3C[C@H]3C(=O)N(Nc4ncc(C(F)(F)F)cc4Cl)C(=O)[C@@]23c2ccc(Cl)cc2)c1O. The number of phenolic OH excluding ortho intramolecular Hbond substituents is 1. The fourth-order valence-electron chi connectivity index (χ4n) is 8.39. The molecule has 2 saturated heterocycles. The number of nitrogens with one attached hydrogen (secondary N) is 1. The molecule has 6 amide bonds. The third kappa shape index (κ3) is 5.11. The van der Waals surface area contributed by atoms with Crippen molar-refractivity contribution in [1.29, 1.82) is 0 Å². The van der Waals surface area contributed by atoms with E-state index in [1.54, 1.807) is 37.3 Å². The highest BCUT2D eigenvalue weighted by atomic mass is 35.5. The maximum Gasteiger partial charge on any atom is 0.417 e. The van der Waals surface area contributed by atoms with Crippen molar-refractivity contribution in [2.24, 2.45) is 29.4 Å². The van der Waals surface area contributed by atoms with Crippen LogP contribution in [0.1, 0.15) is 42.4 Å². The van der Waals surface area contributed by atoms with Crippen LogP contribution in [-0.4, -0.2) is 56.3 Å². The van der Waals surface area contributed by atoms with Gasteiger partial charge in [0, 0.05) is 22.7 Å². The lowest BCUT2D eigenvalue weighted by Gasteiger charge is -2.50. The molecular weight excluding hydrogens is 730 g/mol. The highest BCUT2D eigenvalue weighted by Crippen LogP contribution is 2.65. The summed E-state index contributed by atoms with van der Waals surface area (Å²) in [4.78, 5) is 73.4. The summed E-state index contributed by atoms with van der Waals surface area (Å²) in [7, 11) is 0. The van der Waals surface area contributed by atoms with Crippen LogP contribution >= 0.6 is 23.2 Å². The molecule has 0 radical (unpaired) electrons. The quantitative estimate of drug-likeness (QED) is 0.215. The Hall–Kier alpha value is -5.15. The van der Waals surface area contributed by atoms with Gasteiger partial charge in [-0.2, -0.15) is 23.1 Å². The number of rotatable bonds is 6. The van der Waals surface area contributed by atoms with Crippen molar-refractivity contribution >= 4 is 58.7 Å². The van der Waals surface area contributed by atoms with E-state index >= 15 is 4.79 Å². The van der Waals surface area contributed by atoms with Crippen molar-refractivity contribution < 1.29 is 47.0 Å². The average molecular weight is 759 g/mol. The summed E-state index contributed by atoms with van der Waals surface area (Å²) in [5.74, 6) is -9.64. The second-order valence-corrected chi connectivity index (χ2v) is 13.7. The van der Waals surface area contributed by atoms with Crippen LogP contribution < -0.4 is 15.9 Å². The van der Waals surface area contributed by atoms with E-state index < -0.39 is 87.2 Å². The lowest BCUT2D eigenvalue weighted by atomic mass is 9.49. The van der Waals surface area contributed by atoms with E-state index in [0.717, 1.165) is 0 Å². The highest BCUT2D eigenvalue weighted by molar-refractivity contribution is 6.33. The number of imide groups is 4. The number of carbonyl (C=O) groups excluding carboxylic acids is 5. The average Bonchev–Trinajstić information content (AvgIpc) is 3.47. The fraction of sp³-hybridized carbons (Fsp3) is 0.314. The molecule has 0 spiro atoms. The number of ether oxygens (including phenoxy) is 1. The summed E-state index contributed by atoms with van der Waals surface area (Å²) < 4.78 is 45.9. The topological polar surface area (TPSA) is 172 Å². The lowest BCUT2D eigenvalue weighted by molar-refractivity contribution is -0.140. The van der Waals surface area contributed by atoms with Crippen molar-refractivity contribution in [1.82, 2.24) is 14.9 Å². The molecule has 3 aromatic rings. The number of primary amides is 1. The Balaban J connectivity index is 1.46. The number of halogens is 5. The number of fused-ring (bicyclic) bond motifs is 4. The van der Waals surface area contributed by atoms with E-state index in [-0.39, 0.29) is 42.1 Å². The maximum absolute atomic E-state index is 15.2. The Morgan fingerprint density at radius 1 is 1.08 bits per heavy atom. The van der Waals surface area contributed by atoms with E-state index in [4.69, 9.17) is 33.7 Å². The number of amides is 6. The molecule has 3 fully saturated rings. The first-order valence-corrected chi connectivity index (χ1v) is 16.8. The van der Waals surface area contributed by atoms with Crippen LogP contribution in [0, 0.1) is 23.7 Å². The summed E-state index contributed by atoms with van der Waals surface area (Å²) in [6.45, 7) is 1.87. The number of alkyl halides is 3. The van der Waals surface area contributed by atoms with Crippen molar-refractivity contribution in [2.45, 2.75) is 37.3 Å². The molecule has 2 aliphatic carbocycles. The number of aromatic hydroxyl groups is 1. The molecule has 0 unspecified atom stereocenters. The zero-order valence-electron chi connectivity index (χ0n) is 27.0. The zero-order valence-corrected chi connectivity index (χ0v) is 28.5. The van der Waals surface area contributed by atoms with Crippen molar-refractivity contribution in [3.63, 3.8) is 0 Å². The molecule has 7 rings (SSSR count). The van der Waals surface area contributed by atoms with Crippen LogP contribution in [0.5, 0.6) is 11.5 Å². The Labute approximate surface area is 303 Å². The number of anilines is 1. The van der Waals surface area contributed by atoms with Gasteiger partial charge in [0.2, 0.25) is 11.8 Å². The maximum atomic E-state index is 15.2. The molecule has 52 heavy (non-hydrogen) atoms. The number of urea groups is 1. The van der Waals surface area contributed by atoms with Crippen LogP contribution in [0.4, 0.5) is 23.8 Å². The third-order valence-electron chi connectivity index (χ3n) is 10.4. The smallest absolute Gasteiger partial charge is 0.417 e. The van der Waals surface area contributed by atoms with Crippen LogP contribution in [-0.2, 0) is 30.8 Å². The first kappa shape index (κ1) is 35.3. The molecule has 1 saturated carbocycles. The van der Waals surface area contributed by atoms with E-state index in [2.05, 4.69) is 10.4 Å². The first-order chi connectivity index (χ1) is 24.6. The molecule has 3 heterocycles. The number of pyridine rings is 1. The Morgan fingerprint density at radius 2 is 1.79 bits per heavy atom. The van der Waals surface area contributed by atoms with Gasteiger partial charge in [0.05, 0.1) is 40.4 Å². The summed E-state index contributed by atoms with van der Waals surface area (Å²) in [5.41, 5.74) is 5.80. The largest absolute Gasteiger partial charge is 0.504 e. The van der Waals surface area contributed by atoms with Gasteiger partial charge in [0.1, 0.15) is 0 Å².